The average molecular weight is 138 g/mol. The van der Waals surface area contributed by atoms with Crippen molar-refractivity contribution in [3.63, 3.8) is 0 Å². The van der Waals surface area contributed by atoms with Crippen LogP contribution in [0.25, 0.3) is 0 Å². The van der Waals surface area contributed by atoms with Gasteiger partial charge < -0.3 is 0 Å². The number of hydrogen-bond donors (Lipinski definition) is 0. The Morgan fingerprint density at radius 2 is 2.00 bits per heavy atom. The molecule has 0 nitrogen and oxygen atoms in total. The monoisotopic (exact) mass is 138 g/mol. The van der Waals surface area contributed by atoms with Gasteiger partial charge in [-0.1, -0.05) is 37.1 Å². The third-order valence-corrected chi connectivity index (χ3v) is 1.57. The lowest BCUT2D eigenvalue weighted by atomic mass is 10.1. The highest BCUT2D eigenvalue weighted by Gasteiger charge is 1.87. The molecule has 0 bridgehead atoms. The summed E-state index contributed by atoms with van der Waals surface area (Å²) >= 11 is 0. The van der Waals surface area contributed by atoms with Gasteiger partial charge in [0.25, 0.3) is 0 Å². The summed E-state index contributed by atoms with van der Waals surface area (Å²) in [5.41, 5.74) is 1.46. The molecular formula is C10H18. The van der Waals surface area contributed by atoms with E-state index < -0.39 is 0 Å². The number of allylic oxidation sites excluding steroid dienone is 4. The Balaban J connectivity index is 3.62. The summed E-state index contributed by atoms with van der Waals surface area (Å²) < 4.78 is 0. The molecular weight excluding hydrogens is 120 g/mol. The summed E-state index contributed by atoms with van der Waals surface area (Å²) in [5, 5.41) is 0. The summed E-state index contributed by atoms with van der Waals surface area (Å²) in [7, 11) is 0. The molecule has 0 aliphatic heterocycles. The van der Waals surface area contributed by atoms with E-state index in [1.54, 1.807) is 0 Å². The van der Waals surface area contributed by atoms with Crippen molar-refractivity contribution in [1.82, 2.24) is 0 Å². The fourth-order valence-electron chi connectivity index (χ4n) is 0.919. The van der Waals surface area contributed by atoms with Crippen LogP contribution in [0.5, 0.6) is 0 Å². The molecule has 0 spiro atoms. The summed E-state index contributed by atoms with van der Waals surface area (Å²) in [4.78, 5) is 0. The summed E-state index contributed by atoms with van der Waals surface area (Å²) in [5.74, 6) is 0. The molecule has 0 heterocycles. The van der Waals surface area contributed by atoms with E-state index in [1.807, 2.05) is 0 Å². The summed E-state index contributed by atoms with van der Waals surface area (Å²) in [6.45, 7) is 6.39. The van der Waals surface area contributed by atoms with E-state index >= 15 is 0 Å². The highest BCUT2D eigenvalue weighted by molar-refractivity contribution is 5.16. The van der Waals surface area contributed by atoms with E-state index in [4.69, 9.17) is 0 Å². The molecule has 0 amide bonds. The van der Waals surface area contributed by atoms with Crippen molar-refractivity contribution >= 4 is 0 Å². The van der Waals surface area contributed by atoms with Crippen LogP contribution in [-0.4, -0.2) is 0 Å². The quantitative estimate of drug-likeness (QED) is 0.520. The van der Waals surface area contributed by atoms with E-state index in [1.165, 1.54) is 24.8 Å². The number of unbranched alkanes of at least 4 members (excludes halogenated alkanes) is 1. The first kappa shape index (κ1) is 9.48. The molecule has 0 aliphatic carbocycles. The minimum absolute atomic E-state index is 1.23. The largest absolute Gasteiger partial charge is 0.0874 e. The molecule has 0 rings (SSSR count). The normalized spacial score (nSPS) is 12.9. The maximum Gasteiger partial charge on any atom is -0.0282 e. The molecule has 0 fully saturated rings. The molecule has 0 atom stereocenters. The zero-order valence-electron chi connectivity index (χ0n) is 7.35. The van der Waals surface area contributed by atoms with Crippen molar-refractivity contribution in [1.29, 1.82) is 0 Å². The zero-order chi connectivity index (χ0) is 7.82. The first-order valence-electron chi connectivity index (χ1n) is 4.13. The third kappa shape index (κ3) is 4.37. The van der Waals surface area contributed by atoms with Gasteiger partial charge in [0.1, 0.15) is 0 Å². The summed E-state index contributed by atoms with van der Waals surface area (Å²) in [6, 6.07) is 0. The van der Waals surface area contributed by atoms with Gasteiger partial charge in [0.05, 0.1) is 0 Å². The second-order valence-corrected chi connectivity index (χ2v) is 2.47. The van der Waals surface area contributed by atoms with E-state index in [0.717, 1.165) is 0 Å². The lowest BCUT2D eigenvalue weighted by Gasteiger charge is -1.97. The highest BCUT2D eigenvalue weighted by Crippen LogP contribution is 2.07. The Morgan fingerprint density at radius 3 is 2.40 bits per heavy atom. The lowest BCUT2D eigenvalue weighted by Crippen LogP contribution is -1.77. The van der Waals surface area contributed by atoms with Crippen LogP contribution in [-0.2, 0) is 0 Å². The molecule has 58 valence electrons. The Labute approximate surface area is 64.6 Å². The number of rotatable bonds is 4. The van der Waals surface area contributed by atoms with Crippen LogP contribution in [0.4, 0.5) is 0 Å². The molecule has 0 unspecified atom stereocenters. The fourth-order valence-corrected chi connectivity index (χ4v) is 0.919. The van der Waals surface area contributed by atoms with E-state index in [9.17, 15) is 0 Å². The lowest BCUT2D eigenvalue weighted by molar-refractivity contribution is 0.797. The molecule has 0 heteroatoms. The van der Waals surface area contributed by atoms with E-state index in [0.29, 0.717) is 0 Å². The van der Waals surface area contributed by atoms with Gasteiger partial charge in [0, 0.05) is 0 Å². The molecule has 10 heavy (non-hydrogen) atoms. The van der Waals surface area contributed by atoms with Gasteiger partial charge in [-0.3, -0.25) is 0 Å². The zero-order valence-corrected chi connectivity index (χ0v) is 7.35. The molecule has 0 aromatic carbocycles. The van der Waals surface area contributed by atoms with Crippen LogP contribution in [0.2, 0.25) is 0 Å². The van der Waals surface area contributed by atoms with Gasteiger partial charge in [-0.2, -0.15) is 0 Å². The number of hydrogen-bond acceptors (Lipinski definition) is 0. The van der Waals surface area contributed by atoms with Crippen LogP contribution >= 0.6 is 0 Å². The van der Waals surface area contributed by atoms with Crippen molar-refractivity contribution in [2.75, 3.05) is 0 Å². The summed E-state index contributed by atoms with van der Waals surface area (Å²) in [6.07, 6.45) is 10.3. The molecule has 0 aromatic rings. The second-order valence-electron chi connectivity index (χ2n) is 2.47. The first-order chi connectivity index (χ1) is 4.85. The van der Waals surface area contributed by atoms with Crippen molar-refractivity contribution in [3.05, 3.63) is 23.8 Å². The van der Waals surface area contributed by atoms with Gasteiger partial charge in [-0.05, 0) is 26.7 Å². The molecule has 0 radical (unpaired) electrons. The minimum Gasteiger partial charge on any atom is -0.0874 e. The van der Waals surface area contributed by atoms with Gasteiger partial charge in [-0.25, -0.2) is 0 Å². The predicted molar refractivity (Wildman–Crippen MR) is 48.1 cm³/mol. The van der Waals surface area contributed by atoms with Crippen molar-refractivity contribution in [2.24, 2.45) is 0 Å². The highest BCUT2D eigenvalue weighted by atomic mass is 13.9. The topological polar surface area (TPSA) is 0 Å². The smallest absolute Gasteiger partial charge is 0.0282 e. The van der Waals surface area contributed by atoms with Crippen LogP contribution in [0, 0.1) is 0 Å². The second kappa shape index (κ2) is 6.60. The molecule has 0 saturated heterocycles. The van der Waals surface area contributed by atoms with Gasteiger partial charge in [0.2, 0.25) is 0 Å². The van der Waals surface area contributed by atoms with Crippen molar-refractivity contribution in [3.8, 4) is 0 Å². The Morgan fingerprint density at radius 1 is 1.30 bits per heavy atom. The van der Waals surface area contributed by atoms with Gasteiger partial charge >= 0.3 is 0 Å². The van der Waals surface area contributed by atoms with Crippen LogP contribution in [0.3, 0.4) is 0 Å². The Kier molecular flexibility index (Phi) is 6.25. The average Bonchev–Trinajstić information content (AvgIpc) is 1.98. The Hall–Kier alpha value is -0.520. The first-order valence-corrected chi connectivity index (χ1v) is 4.13. The van der Waals surface area contributed by atoms with Gasteiger partial charge in [0.15, 0.2) is 0 Å². The molecule has 0 N–H and O–H groups in total. The van der Waals surface area contributed by atoms with Gasteiger partial charge in [-0.15, -0.1) is 0 Å². The predicted octanol–water partition coefficient (Wildman–Crippen LogP) is 3.70. The fraction of sp³-hybridized carbons (Fsp3) is 0.600. The van der Waals surface area contributed by atoms with Crippen molar-refractivity contribution in [2.45, 2.75) is 40.0 Å². The van der Waals surface area contributed by atoms with Crippen LogP contribution in [0.15, 0.2) is 23.8 Å². The van der Waals surface area contributed by atoms with Crippen molar-refractivity contribution < 1.29 is 0 Å². The van der Waals surface area contributed by atoms with Crippen LogP contribution < -0.4 is 0 Å². The third-order valence-electron chi connectivity index (χ3n) is 1.57. The maximum atomic E-state index is 2.23. The molecule has 0 aliphatic rings. The van der Waals surface area contributed by atoms with E-state index in [-0.39, 0.29) is 0 Å². The standard InChI is InChI=1S/C10H18/c1-4-7-9-10(6-3)8-5-2/h5-6,8H,4,7,9H2,1-3H3/b8-5-,10-6+. The van der Waals surface area contributed by atoms with Crippen LogP contribution in [0.1, 0.15) is 40.0 Å². The Bertz CT molecular complexity index is 118. The van der Waals surface area contributed by atoms with E-state index in [2.05, 4.69) is 39.0 Å². The molecule has 0 saturated carbocycles. The minimum atomic E-state index is 1.23. The maximum absolute atomic E-state index is 2.23. The molecule has 0 aromatic heterocycles. The SMILES string of the molecule is C/C=C\C(=C/C)CCCC.